The number of H-pyrrole nitrogens is 1. The number of hydrogen-bond donors (Lipinski definition) is 1. The second kappa shape index (κ2) is 8.51. The van der Waals surface area contributed by atoms with E-state index in [4.69, 9.17) is 21.1 Å². The number of nitrogens with zero attached hydrogens (tertiary/aromatic N) is 2. The zero-order valence-electron chi connectivity index (χ0n) is 19.0. The molecular weight excluding hydrogens is 426 g/mol. The van der Waals surface area contributed by atoms with Crippen molar-refractivity contribution in [1.82, 2.24) is 15.1 Å². The molecule has 4 rings (SSSR count). The van der Waals surface area contributed by atoms with Crippen LogP contribution in [-0.4, -0.2) is 39.8 Å². The van der Waals surface area contributed by atoms with Crippen LogP contribution in [-0.2, 0) is 0 Å². The van der Waals surface area contributed by atoms with E-state index in [0.29, 0.717) is 35.4 Å². The summed E-state index contributed by atoms with van der Waals surface area (Å²) < 4.78 is 11.6. The Balaban J connectivity index is 1.90. The fourth-order valence-electron chi connectivity index (χ4n) is 4.22. The first-order valence-electron chi connectivity index (χ1n) is 10.8. The molecular formula is C25H28ClN3O3. The summed E-state index contributed by atoms with van der Waals surface area (Å²) in [5.74, 6) is 1.28. The Hall–Kier alpha value is -2.99. The molecule has 1 aromatic heterocycles. The van der Waals surface area contributed by atoms with Crippen molar-refractivity contribution in [2.75, 3.05) is 13.2 Å². The zero-order valence-corrected chi connectivity index (χ0v) is 19.8. The average Bonchev–Trinajstić information content (AvgIpc) is 3.29. The highest BCUT2D eigenvalue weighted by atomic mass is 35.5. The van der Waals surface area contributed by atoms with E-state index in [-0.39, 0.29) is 11.9 Å². The monoisotopic (exact) mass is 453 g/mol. The maximum Gasteiger partial charge on any atom is 0.273 e. The van der Waals surface area contributed by atoms with Gasteiger partial charge in [0.15, 0.2) is 11.5 Å². The largest absolute Gasteiger partial charge is 0.490 e. The predicted molar refractivity (Wildman–Crippen MR) is 126 cm³/mol. The number of amides is 1. The Morgan fingerprint density at radius 1 is 1.03 bits per heavy atom. The van der Waals surface area contributed by atoms with E-state index in [1.54, 1.807) is 0 Å². The van der Waals surface area contributed by atoms with E-state index in [2.05, 4.69) is 10.2 Å². The highest BCUT2D eigenvalue weighted by molar-refractivity contribution is 6.30. The molecule has 32 heavy (non-hydrogen) atoms. The van der Waals surface area contributed by atoms with Crippen LogP contribution in [0.4, 0.5) is 0 Å². The number of rotatable bonds is 6. The normalized spacial score (nSPS) is 15.8. The molecule has 3 aromatic rings. The quantitative estimate of drug-likeness (QED) is 0.506. The third kappa shape index (κ3) is 3.84. The van der Waals surface area contributed by atoms with Crippen molar-refractivity contribution in [3.63, 3.8) is 0 Å². The SMILES string of the molecule is CCOc1ccc(C2c3c(-c4ccc(Cl)cc4)n[nH]c3C(=O)N2C(C)(C)C)cc1OCC. The second-order valence-corrected chi connectivity index (χ2v) is 9.12. The summed E-state index contributed by atoms with van der Waals surface area (Å²) in [4.78, 5) is 15.4. The highest BCUT2D eigenvalue weighted by Crippen LogP contribution is 2.47. The van der Waals surface area contributed by atoms with Gasteiger partial charge in [0.1, 0.15) is 5.69 Å². The fourth-order valence-corrected chi connectivity index (χ4v) is 4.35. The molecule has 0 saturated carbocycles. The Morgan fingerprint density at radius 3 is 2.31 bits per heavy atom. The Kier molecular flexibility index (Phi) is 5.91. The van der Waals surface area contributed by atoms with E-state index in [9.17, 15) is 4.79 Å². The lowest BCUT2D eigenvalue weighted by Gasteiger charge is -2.38. The maximum atomic E-state index is 13.5. The van der Waals surface area contributed by atoms with E-state index >= 15 is 0 Å². The first kappa shape index (κ1) is 22.2. The van der Waals surface area contributed by atoms with Crippen LogP contribution in [0.1, 0.15) is 62.3 Å². The zero-order chi connectivity index (χ0) is 23.0. The molecule has 1 atom stereocenters. The number of aromatic nitrogens is 2. The van der Waals surface area contributed by atoms with Crippen LogP contribution in [0, 0.1) is 0 Å². The molecule has 1 N–H and O–H groups in total. The molecule has 2 aromatic carbocycles. The van der Waals surface area contributed by atoms with E-state index in [1.807, 2.05) is 82.0 Å². The lowest BCUT2D eigenvalue weighted by atomic mass is 9.93. The van der Waals surface area contributed by atoms with Crippen molar-refractivity contribution in [3.8, 4) is 22.8 Å². The summed E-state index contributed by atoms with van der Waals surface area (Å²) in [5, 5.41) is 8.16. The molecule has 1 unspecified atom stereocenters. The minimum atomic E-state index is -0.413. The Morgan fingerprint density at radius 2 is 1.69 bits per heavy atom. The van der Waals surface area contributed by atoms with Gasteiger partial charge >= 0.3 is 0 Å². The van der Waals surface area contributed by atoms with Crippen LogP contribution in [0.3, 0.4) is 0 Å². The van der Waals surface area contributed by atoms with Crippen molar-refractivity contribution < 1.29 is 14.3 Å². The van der Waals surface area contributed by atoms with Crippen LogP contribution in [0.25, 0.3) is 11.3 Å². The van der Waals surface area contributed by atoms with Crippen molar-refractivity contribution in [3.05, 3.63) is 64.3 Å². The van der Waals surface area contributed by atoms with Crippen LogP contribution in [0.5, 0.6) is 11.5 Å². The third-order valence-electron chi connectivity index (χ3n) is 5.49. The van der Waals surface area contributed by atoms with Gasteiger partial charge < -0.3 is 14.4 Å². The Bertz CT molecular complexity index is 1130. The van der Waals surface area contributed by atoms with Gasteiger partial charge in [0, 0.05) is 21.7 Å². The summed E-state index contributed by atoms with van der Waals surface area (Å²) in [5.41, 5.74) is 3.55. The van der Waals surface area contributed by atoms with E-state index in [0.717, 1.165) is 22.4 Å². The Labute approximate surface area is 193 Å². The van der Waals surface area contributed by atoms with Crippen molar-refractivity contribution in [2.24, 2.45) is 0 Å². The van der Waals surface area contributed by atoms with Gasteiger partial charge in [-0.1, -0.05) is 29.8 Å². The smallest absolute Gasteiger partial charge is 0.273 e. The van der Waals surface area contributed by atoms with Gasteiger partial charge in [-0.2, -0.15) is 5.10 Å². The molecule has 0 radical (unpaired) electrons. The minimum absolute atomic E-state index is 0.0722. The summed E-state index contributed by atoms with van der Waals surface area (Å²) >= 11 is 6.09. The lowest BCUT2D eigenvalue weighted by molar-refractivity contribution is 0.0545. The molecule has 0 bridgehead atoms. The van der Waals surface area contributed by atoms with E-state index in [1.165, 1.54) is 0 Å². The highest BCUT2D eigenvalue weighted by Gasteiger charge is 2.46. The number of benzene rings is 2. The second-order valence-electron chi connectivity index (χ2n) is 8.69. The molecule has 0 spiro atoms. The van der Waals surface area contributed by atoms with Crippen LogP contribution in [0.2, 0.25) is 5.02 Å². The number of carbonyl (C=O) groups excluding carboxylic acids is 1. The molecule has 168 valence electrons. The van der Waals surface area contributed by atoms with Crippen LogP contribution >= 0.6 is 11.6 Å². The minimum Gasteiger partial charge on any atom is -0.490 e. The molecule has 1 aliphatic heterocycles. The number of halogens is 1. The van der Waals surface area contributed by atoms with Crippen LogP contribution < -0.4 is 9.47 Å². The summed E-state index contributed by atoms with van der Waals surface area (Å²) in [7, 11) is 0. The van der Waals surface area contributed by atoms with Crippen LogP contribution in [0.15, 0.2) is 42.5 Å². The number of hydrogen-bond acceptors (Lipinski definition) is 4. The van der Waals surface area contributed by atoms with Gasteiger partial charge in [0.25, 0.3) is 5.91 Å². The summed E-state index contributed by atoms with van der Waals surface area (Å²) in [6.07, 6.45) is 0. The summed E-state index contributed by atoms with van der Waals surface area (Å²) in [6, 6.07) is 13.1. The lowest BCUT2D eigenvalue weighted by Crippen LogP contribution is -2.44. The van der Waals surface area contributed by atoms with Crippen molar-refractivity contribution >= 4 is 17.5 Å². The number of ether oxygens (including phenoxy) is 2. The van der Waals surface area contributed by atoms with Gasteiger partial charge in [-0.05, 0) is 64.4 Å². The van der Waals surface area contributed by atoms with Crippen molar-refractivity contribution in [2.45, 2.75) is 46.2 Å². The molecule has 2 heterocycles. The molecule has 7 heteroatoms. The number of aromatic amines is 1. The van der Waals surface area contributed by atoms with Gasteiger partial charge in [-0.15, -0.1) is 0 Å². The third-order valence-corrected chi connectivity index (χ3v) is 5.74. The first-order chi connectivity index (χ1) is 15.3. The predicted octanol–water partition coefficient (Wildman–Crippen LogP) is 5.87. The number of nitrogens with one attached hydrogen (secondary N) is 1. The molecule has 1 amide bonds. The number of fused-ring (bicyclic) bond motifs is 1. The van der Waals surface area contributed by atoms with Gasteiger partial charge in [0.05, 0.1) is 24.9 Å². The fraction of sp³-hybridized carbons (Fsp3) is 0.360. The molecule has 0 fully saturated rings. The molecule has 6 nitrogen and oxygen atoms in total. The standard InChI is InChI=1S/C25H28ClN3O3/c1-6-31-18-13-10-16(14-19(18)32-7-2)23-20-21(15-8-11-17(26)12-9-15)27-28-22(20)24(30)29(23)25(3,4)5/h8-14,23H,6-7H2,1-5H3,(H,27,28). The first-order valence-corrected chi connectivity index (χ1v) is 11.2. The molecule has 0 aliphatic carbocycles. The maximum absolute atomic E-state index is 13.5. The van der Waals surface area contributed by atoms with Gasteiger partial charge in [-0.3, -0.25) is 9.89 Å². The molecule has 1 aliphatic rings. The number of carbonyl (C=O) groups is 1. The summed E-state index contributed by atoms with van der Waals surface area (Å²) in [6.45, 7) is 11.1. The van der Waals surface area contributed by atoms with E-state index < -0.39 is 5.54 Å². The van der Waals surface area contributed by atoms with Gasteiger partial charge in [-0.25, -0.2) is 0 Å². The van der Waals surface area contributed by atoms with Crippen molar-refractivity contribution in [1.29, 1.82) is 0 Å². The topological polar surface area (TPSA) is 67.5 Å². The average molecular weight is 454 g/mol. The van der Waals surface area contributed by atoms with Gasteiger partial charge in [0.2, 0.25) is 0 Å². The molecule has 0 saturated heterocycles.